The summed E-state index contributed by atoms with van der Waals surface area (Å²) < 4.78 is 24.6. The summed E-state index contributed by atoms with van der Waals surface area (Å²) in [7, 11) is 0. The van der Waals surface area contributed by atoms with Crippen LogP contribution in [0.2, 0.25) is 0 Å². The molecule has 5 rings (SSSR count). The topological polar surface area (TPSA) is 191 Å². The zero-order valence-corrected chi connectivity index (χ0v) is 21.4. The molecule has 0 unspecified atom stereocenters. The number of hydrogen-bond acceptors (Lipinski definition) is 11. The summed E-state index contributed by atoms with van der Waals surface area (Å²) in [5.41, 5.74) is 5.06. The van der Waals surface area contributed by atoms with Crippen molar-refractivity contribution in [1.82, 2.24) is 9.55 Å². The Hall–Kier alpha value is -3.56. The maximum absolute atomic E-state index is 12.3. The number of aliphatic hydroxyl groups is 3. The summed E-state index contributed by atoms with van der Waals surface area (Å²) in [5, 5.41) is 34.7. The number of anilines is 1. The third-order valence-corrected chi connectivity index (χ3v) is 6.86. The highest BCUT2D eigenvalue weighted by molar-refractivity contribution is 5.47. The number of H-pyrrole nitrogens is 1. The van der Waals surface area contributed by atoms with Gasteiger partial charge < -0.3 is 45.3 Å². The summed E-state index contributed by atoms with van der Waals surface area (Å²) in [6.45, 7) is 0.133. The Balaban J connectivity index is 1.30. The molecule has 2 fully saturated rings. The van der Waals surface area contributed by atoms with Gasteiger partial charge in [-0.15, -0.1) is 0 Å². The van der Waals surface area contributed by atoms with Gasteiger partial charge in [-0.3, -0.25) is 14.3 Å². The zero-order valence-electron chi connectivity index (χ0n) is 21.4. The number of ether oxygens (including phenoxy) is 4. The second kappa shape index (κ2) is 12.3. The Bertz CT molecular complexity index is 1370. The highest BCUT2D eigenvalue weighted by Crippen LogP contribution is 2.33. The van der Waals surface area contributed by atoms with Crippen molar-refractivity contribution in [2.75, 3.05) is 18.4 Å². The lowest BCUT2D eigenvalue weighted by atomic mass is 10.1. The molecular weight excluding hydrogens is 524 g/mol. The van der Waals surface area contributed by atoms with E-state index in [0.29, 0.717) is 11.5 Å². The zero-order chi connectivity index (χ0) is 28.2. The van der Waals surface area contributed by atoms with Gasteiger partial charge in [-0.25, -0.2) is 4.79 Å². The lowest BCUT2D eigenvalue weighted by Crippen LogP contribution is -2.42. The van der Waals surface area contributed by atoms with E-state index >= 15 is 0 Å². The van der Waals surface area contributed by atoms with E-state index in [-0.39, 0.29) is 19.5 Å². The normalized spacial score (nSPS) is 28.9. The van der Waals surface area contributed by atoms with Crippen LogP contribution < -0.4 is 27.0 Å². The second-order valence-electron chi connectivity index (χ2n) is 9.64. The van der Waals surface area contributed by atoms with E-state index in [4.69, 9.17) is 24.7 Å². The van der Waals surface area contributed by atoms with Gasteiger partial charge in [-0.2, -0.15) is 0 Å². The molecular formula is C27H32N4O9. The van der Waals surface area contributed by atoms with Crippen molar-refractivity contribution in [3.63, 3.8) is 0 Å². The largest absolute Gasteiger partial charge is 0.457 e. The quantitative estimate of drug-likeness (QED) is 0.195. The fourth-order valence-corrected chi connectivity index (χ4v) is 4.74. The predicted molar refractivity (Wildman–Crippen MR) is 142 cm³/mol. The van der Waals surface area contributed by atoms with E-state index in [1.165, 1.54) is 6.20 Å². The molecule has 214 valence electrons. The Morgan fingerprint density at radius 1 is 1.00 bits per heavy atom. The molecule has 8 atom stereocenters. The maximum Gasteiger partial charge on any atom is 0.330 e. The van der Waals surface area contributed by atoms with Gasteiger partial charge in [0, 0.05) is 37.5 Å². The van der Waals surface area contributed by atoms with Crippen molar-refractivity contribution in [3.8, 4) is 11.5 Å². The number of nitrogens with zero attached hydrogens (tertiary/aromatic N) is 1. The highest BCUT2D eigenvalue weighted by Gasteiger charge is 2.47. The molecule has 0 amide bonds. The molecule has 40 heavy (non-hydrogen) atoms. The van der Waals surface area contributed by atoms with Crippen LogP contribution in [0.4, 0.5) is 5.69 Å². The number of aromatic amines is 1. The van der Waals surface area contributed by atoms with E-state index in [0.717, 1.165) is 16.3 Å². The van der Waals surface area contributed by atoms with Crippen LogP contribution >= 0.6 is 0 Å². The van der Waals surface area contributed by atoms with Gasteiger partial charge in [-0.05, 0) is 36.4 Å². The van der Waals surface area contributed by atoms with E-state index < -0.39 is 60.4 Å². The summed E-state index contributed by atoms with van der Waals surface area (Å²) in [4.78, 5) is 25.9. The molecule has 13 nitrogen and oxygen atoms in total. The van der Waals surface area contributed by atoms with E-state index in [9.17, 15) is 24.9 Å². The van der Waals surface area contributed by atoms with Crippen molar-refractivity contribution in [3.05, 3.63) is 87.7 Å². The summed E-state index contributed by atoms with van der Waals surface area (Å²) >= 11 is 0. The number of aromatic nitrogens is 2. The molecule has 0 radical (unpaired) electrons. The Morgan fingerprint density at radius 3 is 2.40 bits per heavy atom. The lowest BCUT2D eigenvalue weighted by Gasteiger charge is -2.28. The molecule has 2 saturated heterocycles. The van der Waals surface area contributed by atoms with Crippen molar-refractivity contribution in [2.24, 2.45) is 5.73 Å². The maximum atomic E-state index is 12.3. The average molecular weight is 557 g/mol. The summed E-state index contributed by atoms with van der Waals surface area (Å²) in [5.74, 6) is 1.35. The molecule has 3 aromatic rings. The Kier molecular flexibility index (Phi) is 8.61. The molecule has 2 aliphatic rings. The van der Waals surface area contributed by atoms with Gasteiger partial charge in [0.15, 0.2) is 12.5 Å². The van der Waals surface area contributed by atoms with Crippen LogP contribution in [0.25, 0.3) is 0 Å². The van der Waals surface area contributed by atoms with Crippen LogP contribution in [0.5, 0.6) is 11.5 Å². The Morgan fingerprint density at radius 2 is 1.73 bits per heavy atom. The number of aliphatic hydroxyl groups excluding tert-OH is 3. The highest BCUT2D eigenvalue weighted by atomic mass is 16.7. The second-order valence-corrected chi connectivity index (χ2v) is 9.64. The number of rotatable bonds is 10. The number of nitrogens with two attached hydrogens (primary N) is 1. The molecule has 0 saturated carbocycles. The molecule has 3 heterocycles. The number of para-hydroxylation sites is 1. The summed E-state index contributed by atoms with van der Waals surface area (Å²) in [6.07, 6.45) is -7.00. The van der Waals surface area contributed by atoms with Crippen molar-refractivity contribution < 1.29 is 34.3 Å². The molecule has 0 spiro atoms. The van der Waals surface area contributed by atoms with E-state index in [1.807, 2.05) is 42.5 Å². The molecule has 7 N–H and O–H groups in total. The molecule has 2 aliphatic heterocycles. The van der Waals surface area contributed by atoms with Gasteiger partial charge in [0.2, 0.25) is 0 Å². The fourth-order valence-electron chi connectivity index (χ4n) is 4.74. The third kappa shape index (κ3) is 6.26. The lowest BCUT2D eigenvalue weighted by molar-refractivity contribution is -0.211. The first kappa shape index (κ1) is 28.0. The number of benzene rings is 2. The number of hydrogen-bond donors (Lipinski definition) is 6. The van der Waals surface area contributed by atoms with Crippen LogP contribution in [0.1, 0.15) is 12.6 Å². The first-order valence-electron chi connectivity index (χ1n) is 12.9. The van der Waals surface area contributed by atoms with Crippen LogP contribution in [-0.2, 0) is 14.2 Å². The van der Waals surface area contributed by atoms with Crippen LogP contribution in [0, 0.1) is 0 Å². The third-order valence-electron chi connectivity index (χ3n) is 6.86. The first-order chi connectivity index (χ1) is 19.3. The van der Waals surface area contributed by atoms with Gasteiger partial charge in [0.25, 0.3) is 5.56 Å². The van der Waals surface area contributed by atoms with E-state index in [2.05, 4.69) is 10.3 Å². The monoisotopic (exact) mass is 556 g/mol. The van der Waals surface area contributed by atoms with E-state index in [1.54, 1.807) is 12.1 Å². The van der Waals surface area contributed by atoms with Crippen molar-refractivity contribution >= 4 is 5.69 Å². The molecule has 1 aromatic heterocycles. The van der Waals surface area contributed by atoms with Gasteiger partial charge in [0.1, 0.15) is 42.0 Å². The molecule has 2 aromatic carbocycles. The van der Waals surface area contributed by atoms with Crippen LogP contribution in [0.15, 0.2) is 76.4 Å². The molecule has 0 aliphatic carbocycles. The van der Waals surface area contributed by atoms with Crippen molar-refractivity contribution in [2.45, 2.75) is 55.6 Å². The minimum Gasteiger partial charge on any atom is -0.457 e. The standard InChI is InChI=1S/C27H32N4O9/c28-13-20-23(34)24(35)26(39-20)40-21(19-12-18(32)25(38-19)31-11-10-22(33)30-27(31)36)14-29-15-6-8-17(9-7-15)37-16-4-2-1-3-5-16/h1-11,18-21,23-26,29,32,34-35H,12-14,28H2,(H,30,33,36)/t18-,19+,20-,21+,23-,24-,25-,26+/m1/s1. The van der Waals surface area contributed by atoms with Gasteiger partial charge in [0.05, 0.1) is 6.10 Å². The van der Waals surface area contributed by atoms with Gasteiger partial charge >= 0.3 is 5.69 Å². The average Bonchev–Trinajstić information content (AvgIpc) is 3.46. The van der Waals surface area contributed by atoms with Crippen LogP contribution in [0.3, 0.4) is 0 Å². The molecule has 13 heteroatoms. The fraction of sp³-hybridized carbons (Fsp3) is 0.407. The van der Waals surface area contributed by atoms with Crippen molar-refractivity contribution in [1.29, 1.82) is 0 Å². The van der Waals surface area contributed by atoms with Crippen LogP contribution in [-0.4, -0.2) is 80.9 Å². The first-order valence-corrected chi connectivity index (χ1v) is 12.9. The Labute approximate surface area is 228 Å². The number of nitrogens with one attached hydrogen (secondary N) is 2. The smallest absolute Gasteiger partial charge is 0.330 e. The predicted octanol–water partition coefficient (Wildman–Crippen LogP) is -0.120. The molecule has 0 bridgehead atoms. The minimum absolute atomic E-state index is 0.0196. The SMILES string of the molecule is NC[C@H]1O[C@@H](O[C@@H](CNc2ccc(Oc3ccccc3)cc2)[C@@H]2C[C@@H](O)[C@H](n3ccc(=O)[nH]c3=O)O2)[C@H](O)[C@@H]1O. The minimum atomic E-state index is -1.35. The van der Waals surface area contributed by atoms with Gasteiger partial charge in [-0.1, -0.05) is 18.2 Å². The summed E-state index contributed by atoms with van der Waals surface area (Å²) in [6, 6.07) is 17.7.